The van der Waals surface area contributed by atoms with Crippen molar-refractivity contribution in [2.24, 2.45) is 0 Å². The molecule has 4 nitrogen and oxygen atoms in total. The van der Waals surface area contributed by atoms with Crippen LogP contribution in [0.1, 0.15) is 13.8 Å². The zero-order valence-corrected chi connectivity index (χ0v) is 7.20. The molecule has 13 heavy (non-hydrogen) atoms. The van der Waals surface area contributed by atoms with E-state index in [1.807, 2.05) is 5.32 Å². The van der Waals surface area contributed by atoms with E-state index in [2.05, 4.69) is 0 Å². The minimum atomic E-state index is -4.75. The molecule has 0 radical (unpaired) electrons. The second-order valence-electron chi connectivity index (χ2n) is 3.12. The van der Waals surface area contributed by atoms with Gasteiger partial charge in [0, 0.05) is 0 Å². The molecule has 0 saturated heterocycles. The van der Waals surface area contributed by atoms with E-state index >= 15 is 0 Å². The molecule has 0 unspecified atom stereocenters. The fraction of sp³-hybridized carbons (Fsp3) is 0.833. The van der Waals surface area contributed by atoms with Crippen LogP contribution < -0.4 is 10.6 Å². The van der Waals surface area contributed by atoms with Gasteiger partial charge in [-0.15, -0.1) is 0 Å². The highest BCUT2D eigenvalue weighted by molar-refractivity contribution is 5.74. The highest BCUT2D eigenvalue weighted by Gasteiger charge is 2.31. The Balaban J connectivity index is 4.03. The number of aliphatic hydroxyl groups is 1. The van der Waals surface area contributed by atoms with Crippen molar-refractivity contribution in [1.82, 2.24) is 10.6 Å². The van der Waals surface area contributed by atoms with Crippen LogP contribution >= 0.6 is 0 Å². The topological polar surface area (TPSA) is 61.4 Å². The van der Waals surface area contributed by atoms with Crippen molar-refractivity contribution in [3.8, 4) is 0 Å². The van der Waals surface area contributed by atoms with Gasteiger partial charge in [-0.25, -0.2) is 10.1 Å². The van der Waals surface area contributed by atoms with Gasteiger partial charge in [-0.1, -0.05) is 0 Å². The monoisotopic (exact) mass is 200 g/mol. The molecule has 0 aromatic carbocycles. The lowest BCUT2D eigenvalue weighted by Gasteiger charge is -2.23. The van der Waals surface area contributed by atoms with Crippen LogP contribution in [-0.4, -0.2) is 29.6 Å². The van der Waals surface area contributed by atoms with Gasteiger partial charge >= 0.3 is 12.3 Å². The number of alkyl halides is 3. The molecule has 0 aliphatic carbocycles. The summed E-state index contributed by atoms with van der Waals surface area (Å²) in [4.78, 5) is 10.6. The van der Waals surface area contributed by atoms with Crippen LogP contribution in [0.4, 0.5) is 18.0 Å². The van der Waals surface area contributed by atoms with Crippen LogP contribution in [-0.2, 0) is 0 Å². The van der Waals surface area contributed by atoms with Gasteiger partial charge in [0.2, 0.25) is 0 Å². The third-order valence-electron chi connectivity index (χ3n) is 1.10. The van der Waals surface area contributed by atoms with Crippen LogP contribution in [0.15, 0.2) is 0 Å². The number of carbonyl (C=O) groups excluding carboxylic acids is 1. The summed E-state index contributed by atoms with van der Waals surface area (Å²) in [7, 11) is 0. The summed E-state index contributed by atoms with van der Waals surface area (Å²) < 4.78 is 34.7. The fourth-order valence-corrected chi connectivity index (χ4v) is 0.507. The smallest absolute Gasteiger partial charge is 0.394 e. The Morgan fingerprint density at radius 1 is 1.31 bits per heavy atom. The Labute approximate surface area is 73.1 Å². The van der Waals surface area contributed by atoms with Crippen LogP contribution in [0.2, 0.25) is 0 Å². The van der Waals surface area contributed by atoms with Crippen LogP contribution in [0.3, 0.4) is 0 Å². The second-order valence-corrected chi connectivity index (χ2v) is 3.12. The minimum Gasteiger partial charge on any atom is -0.394 e. The molecular formula is C6H11F3N2O2. The first-order chi connectivity index (χ1) is 5.66. The molecular weight excluding hydrogens is 189 g/mol. The quantitative estimate of drug-likeness (QED) is 0.571. The molecule has 0 saturated carbocycles. The number of hydrogen-bond acceptors (Lipinski definition) is 2. The van der Waals surface area contributed by atoms with E-state index in [1.54, 1.807) is 0 Å². The molecule has 0 fully saturated rings. The van der Waals surface area contributed by atoms with Crippen molar-refractivity contribution in [3.05, 3.63) is 0 Å². The van der Waals surface area contributed by atoms with E-state index in [9.17, 15) is 18.0 Å². The Kier molecular flexibility index (Phi) is 3.53. The van der Waals surface area contributed by atoms with Gasteiger partial charge in [0.1, 0.15) is 0 Å². The minimum absolute atomic E-state index is 0.446. The highest BCUT2D eigenvalue weighted by Crippen LogP contribution is 2.09. The van der Waals surface area contributed by atoms with Crippen molar-refractivity contribution in [2.45, 2.75) is 25.7 Å². The summed E-state index contributed by atoms with van der Waals surface area (Å²) in [5, 5.41) is 11.3. The molecule has 0 aromatic heterocycles. The van der Waals surface area contributed by atoms with Crippen molar-refractivity contribution in [2.75, 3.05) is 6.61 Å². The van der Waals surface area contributed by atoms with Gasteiger partial charge in [-0.3, -0.25) is 0 Å². The van der Waals surface area contributed by atoms with E-state index in [-0.39, 0.29) is 0 Å². The van der Waals surface area contributed by atoms with E-state index in [1.165, 1.54) is 13.8 Å². The summed E-state index contributed by atoms with van der Waals surface area (Å²) >= 11 is 0. The van der Waals surface area contributed by atoms with Crippen LogP contribution in [0.5, 0.6) is 0 Å². The molecule has 0 spiro atoms. The Morgan fingerprint density at radius 2 is 1.77 bits per heavy atom. The van der Waals surface area contributed by atoms with Gasteiger partial charge in [0.15, 0.2) is 0 Å². The van der Waals surface area contributed by atoms with Crippen molar-refractivity contribution < 1.29 is 23.1 Å². The number of urea groups is 1. The molecule has 2 amide bonds. The van der Waals surface area contributed by atoms with E-state index in [0.29, 0.717) is 0 Å². The SMILES string of the molecule is CC(C)(CO)NC(=O)NC(F)(F)F. The normalized spacial score (nSPS) is 12.5. The number of hydrogen-bond donors (Lipinski definition) is 3. The summed E-state index contributed by atoms with van der Waals surface area (Å²) in [5.74, 6) is 0. The lowest BCUT2D eigenvalue weighted by molar-refractivity contribution is -0.145. The van der Waals surface area contributed by atoms with Gasteiger partial charge in [-0.2, -0.15) is 13.2 Å². The van der Waals surface area contributed by atoms with E-state index in [4.69, 9.17) is 5.11 Å². The second kappa shape index (κ2) is 3.82. The molecule has 3 N–H and O–H groups in total. The number of carbonyl (C=O) groups is 1. The number of halogens is 3. The predicted octanol–water partition coefficient (Wildman–Crippen LogP) is 0.576. The van der Waals surface area contributed by atoms with Gasteiger partial charge in [0.05, 0.1) is 12.1 Å². The Hall–Kier alpha value is -0.980. The van der Waals surface area contributed by atoms with Crippen molar-refractivity contribution >= 4 is 6.03 Å². The molecule has 0 aromatic rings. The first kappa shape index (κ1) is 12.0. The third-order valence-corrected chi connectivity index (χ3v) is 1.10. The van der Waals surface area contributed by atoms with E-state index < -0.39 is 24.5 Å². The molecule has 0 rings (SSSR count). The maximum atomic E-state index is 11.6. The first-order valence-electron chi connectivity index (χ1n) is 3.44. The zero-order chi connectivity index (χ0) is 10.7. The average Bonchev–Trinajstić information content (AvgIpc) is 1.81. The van der Waals surface area contributed by atoms with E-state index in [0.717, 1.165) is 5.32 Å². The zero-order valence-electron chi connectivity index (χ0n) is 7.20. The lowest BCUT2D eigenvalue weighted by Crippen LogP contribution is -2.53. The number of rotatable bonds is 2. The summed E-state index contributed by atoms with van der Waals surface area (Å²) in [6, 6.07) is -1.38. The standard InChI is InChI=1S/C6H11F3N2O2/c1-5(2,3-12)10-4(13)11-6(7,8)9/h12H,3H2,1-2H3,(H2,10,11,13). The molecule has 0 aliphatic rings. The average molecular weight is 200 g/mol. The van der Waals surface area contributed by atoms with Crippen LogP contribution in [0, 0.1) is 0 Å². The fourth-order valence-electron chi connectivity index (χ4n) is 0.507. The number of aliphatic hydroxyl groups excluding tert-OH is 1. The Bertz CT molecular complexity index is 191. The molecule has 0 heterocycles. The van der Waals surface area contributed by atoms with Crippen molar-refractivity contribution in [1.29, 1.82) is 0 Å². The summed E-state index contributed by atoms with van der Waals surface area (Å²) in [6.07, 6.45) is -4.75. The summed E-state index contributed by atoms with van der Waals surface area (Å²) in [6.45, 7) is 2.34. The largest absolute Gasteiger partial charge is 0.485 e. The summed E-state index contributed by atoms with van der Waals surface area (Å²) in [5.41, 5.74) is -1.07. The number of nitrogens with one attached hydrogen (secondary N) is 2. The van der Waals surface area contributed by atoms with Crippen LogP contribution in [0.25, 0.3) is 0 Å². The number of amides is 2. The maximum absolute atomic E-state index is 11.6. The molecule has 0 atom stereocenters. The molecule has 78 valence electrons. The van der Waals surface area contributed by atoms with Gasteiger partial charge in [0.25, 0.3) is 0 Å². The molecule has 0 bridgehead atoms. The first-order valence-corrected chi connectivity index (χ1v) is 3.44. The van der Waals surface area contributed by atoms with Crippen molar-refractivity contribution in [3.63, 3.8) is 0 Å². The Morgan fingerprint density at radius 3 is 2.08 bits per heavy atom. The molecule has 0 aliphatic heterocycles. The highest BCUT2D eigenvalue weighted by atomic mass is 19.4. The lowest BCUT2D eigenvalue weighted by atomic mass is 10.1. The maximum Gasteiger partial charge on any atom is 0.485 e. The third kappa shape index (κ3) is 6.21. The predicted molar refractivity (Wildman–Crippen MR) is 38.9 cm³/mol. The molecule has 7 heteroatoms. The van der Waals surface area contributed by atoms with Gasteiger partial charge < -0.3 is 10.4 Å². The van der Waals surface area contributed by atoms with Gasteiger partial charge in [-0.05, 0) is 13.8 Å².